The molecule has 0 rings (SSSR count). The van der Waals surface area contributed by atoms with Crippen LogP contribution in [0, 0.1) is 0 Å². The van der Waals surface area contributed by atoms with Gasteiger partial charge in [0.05, 0.1) is 40.3 Å². The molecule has 0 saturated carbocycles. The van der Waals surface area contributed by atoms with Crippen molar-refractivity contribution in [3.8, 4) is 0 Å². The second-order valence-electron chi connectivity index (χ2n) is 19.1. The van der Waals surface area contributed by atoms with Crippen LogP contribution in [0.25, 0.3) is 0 Å². The van der Waals surface area contributed by atoms with E-state index in [1.807, 2.05) is 21.1 Å². The molecule has 390 valence electrons. The zero-order chi connectivity index (χ0) is 49.9. The van der Waals surface area contributed by atoms with Crippen molar-refractivity contribution in [1.29, 1.82) is 0 Å². The summed E-state index contributed by atoms with van der Waals surface area (Å²) in [5, 5.41) is 11.7. The minimum absolute atomic E-state index is 0.144. The van der Waals surface area contributed by atoms with Gasteiger partial charge >= 0.3 is 11.9 Å². The molecule has 0 spiro atoms. The van der Waals surface area contributed by atoms with Crippen molar-refractivity contribution in [2.24, 2.45) is 0 Å². The molecule has 0 amide bonds. The van der Waals surface area contributed by atoms with Gasteiger partial charge in [0.1, 0.15) is 13.2 Å². The van der Waals surface area contributed by atoms with Crippen LogP contribution < -0.4 is 5.11 Å². The Morgan fingerprint density at radius 1 is 0.456 bits per heavy atom. The zero-order valence-corrected chi connectivity index (χ0v) is 44.2. The molecule has 0 heterocycles. The summed E-state index contributed by atoms with van der Waals surface area (Å²) in [4.78, 5) is 37.1. The third kappa shape index (κ3) is 50.3. The summed E-state index contributed by atoms with van der Waals surface area (Å²) in [6, 6.07) is 0. The number of hydrogen-bond acceptors (Lipinski definition) is 8. The highest BCUT2D eigenvalue weighted by atomic mass is 16.7. The zero-order valence-electron chi connectivity index (χ0n) is 44.2. The van der Waals surface area contributed by atoms with E-state index >= 15 is 0 Å². The summed E-state index contributed by atoms with van der Waals surface area (Å²) in [5.41, 5.74) is 0. The predicted octanol–water partition coefficient (Wildman–Crippen LogP) is 14.3. The number of nitrogens with zero attached hydrogens (tertiary/aromatic N) is 1. The molecule has 0 aliphatic rings. The first-order valence-corrected chi connectivity index (χ1v) is 27.2. The minimum Gasteiger partial charge on any atom is -0.545 e. The number of allylic oxidation sites excluding steroid dienone is 14. The van der Waals surface area contributed by atoms with Gasteiger partial charge in [0.2, 0.25) is 0 Å². The fraction of sp³-hybridized carbons (Fsp3) is 0.712. The number of carboxylic acid groups (broad SMARTS) is 1. The maximum Gasteiger partial charge on any atom is 0.306 e. The van der Waals surface area contributed by atoms with Crippen molar-refractivity contribution in [1.82, 2.24) is 0 Å². The van der Waals surface area contributed by atoms with Crippen molar-refractivity contribution in [3.05, 3.63) is 85.1 Å². The van der Waals surface area contributed by atoms with Gasteiger partial charge in [-0.25, -0.2) is 0 Å². The second-order valence-corrected chi connectivity index (χ2v) is 19.1. The number of carbonyl (C=O) groups excluding carboxylic acids is 3. The lowest BCUT2D eigenvalue weighted by atomic mass is 10.0. The van der Waals surface area contributed by atoms with E-state index in [1.165, 1.54) is 89.9 Å². The molecule has 0 bridgehead atoms. The Hall–Kier alpha value is -3.53. The first-order chi connectivity index (χ1) is 33.1. The van der Waals surface area contributed by atoms with Gasteiger partial charge in [-0.05, 0) is 70.6 Å². The van der Waals surface area contributed by atoms with Crippen LogP contribution in [0.4, 0.5) is 0 Å². The second kappa shape index (κ2) is 49.9. The molecule has 0 aromatic carbocycles. The molecule has 2 unspecified atom stereocenters. The molecule has 0 aliphatic carbocycles. The van der Waals surface area contributed by atoms with Crippen LogP contribution in [-0.2, 0) is 33.3 Å². The normalized spacial score (nSPS) is 13.5. The summed E-state index contributed by atoms with van der Waals surface area (Å²) >= 11 is 0. The van der Waals surface area contributed by atoms with E-state index in [0.717, 1.165) is 89.9 Å². The lowest BCUT2D eigenvalue weighted by molar-refractivity contribution is -0.870. The SMILES string of the molecule is CC/C=C\C/C=C\C/C=C\C/C=C\C/C=C\C/C=C\C/C=C\CCCCCCCCCCCC(=O)OC(COC(=O)CCCCCCCCCCCCCC)COC(OCC[N+](C)(C)C)C(=O)[O-]. The maximum absolute atomic E-state index is 12.8. The van der Waals surface area contributed by atoms with Crippen molar-refractivity contribution in [2.75, 3.05) is 47.5 Å². The minimum atomic E-state index is -1.62. The number of carbonyl (C=O) groups is 3. The van der Waals surface area contributed by atoms with Gasteiger partial charge in [-0.3, -0.25) is 9.59 Å². The Morgan fingerprint density at radius 3 is 1.25 bits per heavy atom. The van der Waals surface area contributed by atoms with Crippen LogP contribution >= 0.6 is 0 Å². The van der Waals surface area contributed by atoms with E-state index in [0.29, 0.717) is 23.9 Å². The van der Waals surface area contributed by atoms with E-state index in [9.17, 15) is 19.5 Å². The van der Waals surface area contributed by atoms with Crippen LogP contribution in [0.15, 0.2) is 85.1 Å². The van der Waals surface area contributed by atoms with Crippen LogP contribution in [-0.4, -0.2) is 82.3 Å². The highest BCUT2D eigenvalue weighted by Gasteiger charge is 2.22. The fourth-order valence-electron chi connectivity index (χ4n) is 7.22. The van der Waals surface area contributed by atoms with Crippen molar-refractivity contribution < 1.29 is 42.9 Å². The van der Waals surface area contributed by atoms with Gasteiger partial charge in [0.25, 0.3) is 0 Å². The fourth-order valence-corrected chi connectivity index (χ4v) is 7.22. The van der Waals surface area contributed by atoms with Crippen LogP contribution in [0.5, 0.6) is 0 Å². The topological polar surface area (TPSA) is 111 Å². The molecule has 0 aromatic rings. The number of likely N-dealkylation sites (N-methyl/N-ethyl adjacent to an activating group) is 1. The van der Waals surface area contributed by atoms with Gasteiger partial charge in [0, 0.05) is 12.8 Å². The van der Waals surface area contributed by atoms with Crippen molar-refractivity contribution >= 4 is 17.9 Å². The quantitative estimate of drug-likeness (QED) is 0.0195. The molecule has 0 saturated heterocycles. The lowest BCUT2D eigenvalue weighted by Gasteiger charge is -2.26. The summed E-state index contributed by atoms with van der Waals surface area (Å²) in [5.74, 6) is -2.29. The standard InChI is InChI=1S/C59H101NO8/c1-6-8-10-12-14-16-18-20-21-22-23-24-25-26-27-28-29-30-31-32-33-34-35-36-37-38-40-42-44-46-48-50-57(62)68-55(54-67-59(58(63)64)65-52-51-60(3,4)5)53-66-56(61)49-47-45-43-41-39-19-17-15-13-11-9-7-2/h8,10,14,16,20-21,23-24,26-27,29-30,32-33,55,59H,6-7,9,11-13,15,17-19,22,25,28,31,34-54H2,1-5H3/b10-8-,16-14-,21-20-,24-23-,27-26-,30-29-,33-32-. The third-order valence-corrected chi connectivity index (χ3v) is 11.4. The Balaban J connectivity index is 4.23. The largest absolute Gasteiger partial charge is 0.545 e. The summed E-state index contributed by atoms with van der Waals surface area (Å²) in [7, 11) is 5.91. The van der Waals surface area contributed by atoms with Gasteiger partial charge in [0.15, 0.2) is 12.4 Å². The maximum atomic E-state index is 12.8. The summed E-state index contributed by atoms with van der Waals surface area (Å²) in [6.07, 6.45) is 62.0. The van der Waals surface area contributed by atoms with Gasteiger partial charge in [-0.1, -0.05) is 214 Å². The van der Waals surface area contributed by atoms with Crippen molar-refractivity contribution in [3.63, 3.8) is 0 Å². The first-order valence-electron chi connectivity index (χ1n) is 27.2. The molecule has 0 N–H and O–H groups in total. The number of esters is 2. The number of ether oxygens (including phenoxy) is 4. The average molecular weight is 952 g/mol. The number of unbranched alkanes of at least 4 members (excludes halogenated alkanes) is 20. The summed E-state index contributed by atoms with van der Waals surface area (Å²) in [6.45, 7) is 4.61. The molecule has 2 atom stereocenters. The van der Waals surface area contributed by atoms with Gasteiger partial charge in [-0.15, -0.1) is 0 Å². The molecule has 0 radical (unpaired) electrons. The Bertz CT molecular complexity index is 1390. The number of aliphatic carboxylic acids is 1. The first kappa shape index (κ1) is 64.5. The average Bonchev–Trinajstić information content (AvgIpc) is 3.30. The third-order valence-electron chi connectivity index (χ3n) is 11.4. The molecular weight excluding hydrogens is 851 g/mol. The number of carboxylic acids is 1. The van der Waals surface area contributed by atoms with Gasteiger partial charge in [-0.2, -0.15) is 0 Å². The molecule has 0 fully saturated rings. The molecule has 0 aromatic heterocycles. The molecular formula is C59H101NO8. The number of quaternary nitrogens is 1. The van der Waals surface area contributed by atoms with E-state index < -0.39 is 24.3 Å². The Morgan fingerprint density at radius 2 is 0.838 bits per heavy atom. The predicted molar refractivity (Wildman–Crippen MR) is 283 cm³/mol. The highest BCUT2D eigenvalue weighted by molar-refractivity contribution is 5.70. The number of rotatable bonds is 49. The van der Waals surface area contributed by atoms with E-state index in [-0.39, 0.29) is 32.2 Å². The van der Waals surface area contributed by atoms with E-state index in [4.69, 9.17) is 18.9 Å². The van der Waals surface area contributed by atoms with E-state index in [1.54, 1.807) is 0 Å². The number of hydrogen-bond donors (Lipinski definition) is 0. The highest BCUT2D eigenvalue weighted by Crippen LogP contribution is 2.15. The molecule has 0 aliphatic heterocycles. The molecule has 9 nitrogen and oxygen atoms in total. The Kier molecular flexibility index (Phi) is 47.3. The van der Waals surface area contributed by atoms with Gasteiger partial charge < -0.3 is 33.3 Å². The van der Waals surface area contributed by atoms with Crippen LogP contribution in [0.1, 0.15) is 213 Å². The van der Waals surface area contributed by atoms with Crippen molar-refractivity contribution in [2.45, 2.75) is 225 Å². The summed E-state index contributed by atoms with van der Waals surface area (Å²) < 4.78 is 22.6. The monoisotopic (exact) mass is 952 g/mol. The van der Waals surface area contributed by atoms with Crippen LogP contribution in [0.3, 0.4) is 0 Å². The van der Waals surface area contributed by atoms with E-state index in [2.05, 4.69) is 98.9 Å². The Labute approximate surface area is 417 Å². The molecule has 9 heteroatoms. The smallest absolute Gasteiger partial charge is 0.306 e. The lowest BCUT2D eigenvalue weighted by Crippen LogP contribution is -2.44. The molecule has 68 heavy (non-hydrogen) atoms. The van der Waals surface area contributed by atoms with Crippen LogP contribution in [0.2, 0.25) is 0 Å².